The minimum absolute atomic E-state index is 0.236. The molecule has 3 aromatic rings. The number of amides is 2. The van der Waals surface area contributed by atoms with Gasteiger partial charge in [-0.15, -0.1) is 11.3 Å². The van der Waals surface area contributed by atoms with E-state index in [0.717, 1.165) is 10.4 Å². The molecule has 0 bridgehead atoms. The van der Waals surface area contributed by atoms with Crippen molar-refractivity contribution in [3.63, 3.8) is 0 Å². The van der Waals surface area contributed by atoms with Gasteiger partial charge in [0, 0.05) is 10.6 Å². The zero-order valence-electron chi connectivity index (χ0n) is 14.7. The van der Waals surface area contributed by atoms with Crippen molar-refractivity contribution in [2.24, 2.45) is 0 Å². The Hall–Kier alpha value is -3.07. The van der Waals surface area contributed by atoms with Crippen molar-refractivity contribution in [2.45, 2.75) is 20.4 Å². The molecule has 140 valence electrons. The third-order valence-corrected chi connectivity index (χ3v) is 5.16. The average Bonchev–Trinajstić information content (AvgIpc) is 2.92. The molecule has 2 aromatic heterocycles. The first-order valence-electron chi connectivity index (χ1n) is 8.12. The smallest absolute Gasteiger partial charge is 0.262 e. The highest BCUT2D eigenvalue weighted by Gasteiger charge is 2.14. The molecule has 2 heterocycles. The lowest BCUT2D eigenvalue weighted by Gasteiger charge is -2.08. The van der Waals surface area contributed by atoms with Crippen LogP contribution in [0, 0.1) is 19.7 Å². The van der Waals surface area contributed by atoms with E-state index in [2.05, 4.69) is 15.6 Å². The molecular weight excluding hydrogens is 371 g/mol. The molecule has 0 aliphatic heterocycles. The number of hydrogen-bond donors (Lipinski definition) is 2. The van der Waals surface area contributed by atoms with Gasteiger partial charge in [-0.25, -0.2) is 9.37 Å². The number of carbonyl (C=O) groups is 2. The van der Waals surface area contributed by atoms with Crippen LogP contribution < -0.4 is 16.2 Å². The van der Waals surface area contributed by atoms with Gasteiger partial charge in [-0.2, -0.15) is 0 Å². The van der Waals surface area contributed by atoms with E-state index >= 15 is 0 Å². The summed E-state index contributed by atoms with van der Waals surface area (Å²) in [4.78, 5) is 42.3. The molecule has 0 saturated carbocycles. The first-order chi connectivity index (χ1) is 12.8. The summed E-state index contributed by atoms with van der Waals surface area (Å²) in [6, 6.07) is 5.27. The van der Waals surface area contributed by atoms with E-state index in [4.69, 9.17) is 0 Å². The molecule has 0 radical (unpaired) electrons. The van der Waals surface area contributed by atoms with Crippen LogP contribution in [0.5, 0.6) is 0 Å². The highest BCUT2D eigenvalue weighted by molar-refractivity contribution is 7.18. The summed E-state index contributed by atoms with van der Waals surface area (Å²) in [7, 11) is 0. The molecule has 7 nitrogen and oxygen atoms in total. The van der Waals surface area contributed by atoms with E-state index in [9.17, 15) is 18.8 Å². The zero-order chi connectivity index (χ0) is 19.6. The van der Waals surface area contributed by atoms with Crippen molar-refractivity contribution >= 4 is 39.1 Å². The number of aromatic nitrogens is 2. The van der Waals surface area contributed by atoms with Crippen LogP contribution in [-0.4, -0.2) is 27.9 Å². The minimum Gasteiger partial charge on any atom is -0.345 e. The van der Waals surface area contributed by atoms with Gasteiger partial charge in [-0.1, -0.05) is 0 Å². The standard InChI is InChI=1S/C18H17FN4O3S/c1-10-11(2)27-17-16(10)18(26)23(9-21-17)8-15(25)20-7-14(24)22-13-5-3-12(19)4-6-13/h3-6,9H,7-8H2,1-2H3,(H,20,25)(H,22,24). The van der Waals surface area contributed by atoms with Crippen LogP contribution in [0.2, 0.25) is 0 Å². The van der Waals surface area contributed by atoms with Crippen molar-refractivity contribution in [1.29, 1.82) is 0 Å². The number of fused-ring (bicyclic) bond motifs is 1. The predicted octanol–water partition coefficient (Wildman–Crippen LogP) is 1.97. The van der Waals surface area contributed by atoms with Crippen molar-refractivity contribution < 1.29 is 14.0 Å². The summed E-state index contributed by atoms with van der Waals surface area (Å²) in [6.45, 7) is 3.26. The molecule has 2 N–H and O–H groups in total. The van der Waals surface area contributed by atoms with E-state index < -0.39 is 17.6 Å². The third-order valence-electron chi connectivity index (χ3n) is 4.04. The van der Waals surface area contributed by atoms with Gasteiger partial charge in [-0.3, -0.25) is 19.0 Å². The summed E-state index contributed by atoms with van der Waals surface area (Å²) in [5, 5.41) is 5.50. The maximum absolute atomic E-state index is 12.8. The number of rotatable bonds is 5. The highest BCUT2D eigenvalue weighted by Crippen LogP contribution is 2.25. The summed E-state index contributed by atoms with van der Waals surface area (Å²) in [5.74, 6) is -1.36. The number of benzene rings is 1. The second-order valence-electron chi connectivity index (χ2n) is 5.97. The Morgan fingerprint density at radius 2 is 1.89 bits per heavy atom. The fourth-order valence-corrected chi connectivity index (χ4v) is 3.50. The Morgan fingerprint density at radius 1 is 1.19 bits per heavy atom. The molecule has 0 aliphatic rings. The van der Waals surface area contributed by atoms with Gasteiger partial charge >= 0.3 is 0 Å². The third kappa shape index (κ3) is 4.20. The Bertz CT molecular complexity index is 1070. The van der Waals surface area contributed by atoms with Gasteiger partial charge in [-0.05, 0) is 43.7 Å². The number of nitrogens with zero attached hydrogens (tertiary/aromatic N) is 2. The van der Waals surface area contributed by atoms with Gasteiger partial charge in [0.1, 0.15) is 17.2 Å². The fourth-order valence-electron chi connectivity index (χ4n) is 2.51. The van der Waals surface area contributed by atoms with Gasteiger partial charge in [0.15, 0.2) is 0 Å². The number of halogens is 1. The number of nitrogens with one attached hydrogen (secondary N) is 2. The number of anilines is 1. The van der Waals surface area contributed by atoms with Crippen molar-refractivity contribution in [1.82, 2.24) is 14.9 Å². The Morgan fingerprint density at radius 3 is 2.59 bits per heavy atom. The molecule has 2 amide bonds. The maximum atomic E-state index is 12.8. The van der Waals surface area contributed by atoms with E-state index in [1.807, 2.05) is 13.8 Å². The van der Waals surface area contributed by atoms with Gasteiger partial charge < -0.3 is 10.6 Å². The zero-order valence-corrected chi connectivity index (χ0v) is 15.5. The van der Waals surface area contributed by atoms with Crippen LogP contribution >= 0.6 is 11.3 Å². The quantitative estimate of drug-likeness (QED) is 0.699. The lowest BCUT2D eigenvalue weighted by Crippen LogP contribution is -2.37. The van der Waals surface area contributed by atoms with Crippen LogP contribution in [0.4, 0.5) is 10.1 Å². The Labute approximate surface area is 157 Å². The van der Waals surface area contributed by atoms with Crippen LogP contribution in [-0.2, 0) is 16.1 Å². The second-order valence-corrected chi connectivity index (χ2v) is 7.18. The molecule has 9 heteroatoms. The van der Waals surface area contributed by atoms with Crippen LogP contribution in [0.15, 0.2) is 35.4 Å². The molecule has 0 fully saturated rings. The lowest BCUT2D eigenvalue weighted by molar-refractivity contribution is -0.124. The molecule has 3 rings (SSSR count). The molecule has 0 aliphatic carbocycles. The number of hydrogen-bond acceptors (Lipinski definition) is 5. The predicted molar refractivity (Wildman–Crippen MR) is 101 cm³/mol. The van der Waals surface area contributed by atoms with E-state index in [1.54, 1.807) is 0 Å². The average molecular weight is 388 g/mol. The van der Waals surface area contributed by atoms with Crippen molar-refractivity contribution in [3.8, 4) is 0 Å². The van der Waals surface area contributed by atoms with Crippen molar-refractivity contribution in [3.05, 3.63) is 57.2 Å². The summed E-state index contributed by atoms with van der Waals surface area (Å²) in [6.07, 6.45) is 1.33. The summed E-state index contributed by atoms with van der Waals surface area (Å²) in [5.41, 5.74) is 0.999. The highest BCUT2D eigenvalue weighted by atomic mass is 32.1. The molecule has 0 saturated heterocycles. The number of thiophene rings is 1. The van der Waals surface area contributed by atoms with Crippen LogP contribution in [0.3, 0.4) is 0 Å². The molecule has 0 spiro atoms. The SMILES string of the molecule is Cc1sc2ncn(CC(=O)NCC(=O)Nc3ccc(F)cc3)c(=O)c2c1C. The Kier molecular flexibility index (Phi) is 5.31. The summed E-state index contributed by atoms with van der Waals surface area (Å²) < 4.78 is 14.1. The van der Waals surface area contributed by atoms with E-state index in [1.165, 1.54) is 46.5 Å². The van der Waals surface area contributed by atoms with Gasteiger partial charge in [0.2, 0.25) is 11.8 Å². The Balaban J connectivity index is 1.61. The topological polar surface area (TPSA) is 93.1 Å². The first kappa shape index (κ1) is 18.7. The van der Waals surface area contributed by atoms with Crippen LogP contribution in [0.1, 0.15) is 10.4 Å². The fraction of sp³-hybridized carbons (Fsp3) is 0.222. The molecule has 1 aromatic carbocycles. The van der Waals surface area contributed by atoms with Crippen molar-refractivity contribution in [2.75, 3.05) is 11.9 Å². The molecule has 0 atom stereocenters. The lowest BCUT2D eigenvalue weighted by atomic mass is 10.2. The number of carbonyl (C=O) groups excluding carboxylic acids is 2. The second kappa shape index (κ2) is 7.67. The normalized spacial score (nSPS) is 10.8. The van der Waals surface area contributed by atoms with E-state index in [-0.39, 0.29) is 18.6 Å². The minimum atomic E-state index is -0.489. The van der Waals surface area contributed by atoms with Crippen LogP contribution in [0.25, 0.3) is 10.2 Å². The monoisotopic (exact) mass is 388 g/mol. The molecular formula is C18H17FN4O3S. The van der Waals surface area contributed by atoms with E-state index in [0.29, 0.717) is 15.9 Å². The summed E-state index contributed by atoms with van der Waals surface area (Å²) >= 11 is 1.44. The first-order valence-corrected chi connectivity index (χ1v) is 8.94. The van der Waals surface area contributed by atoms with Gasteiger partial charge in [0.05, 0.1) is 18.3 Å². The maximum Gasteiger partial charge on any atom is 0.262 e. The molecule has 27 heavy (non-hydrogen) atoms. The largest absolute Gasteiger partial charge is 0.345 e. The number of aryl methyl sites for hydroxylation is 2. The van der Waals surface area contributed by atoms with Gasteiger partial charge in [0.25, 0.3) is 5.56 Å². The molecule has 0 unspecified atom stereocenters.